The van der Waals surface area contributed by atoms with Crippen molar-refractivity contribution in [2.75, 3.05) is 11.9 Å². The molecular formula is C19H25N3O. The van der Waals surface area contributed by atoms with E-state index >= 15 is 0 Å². The van der Waals surface area contributed by atoms with Gasteiger partial charge < -0.3 is 10.6 Å². The van der Waals surface area contributed by atoms with Crippen LogP contribution in [0.2, 0.25) is 0 Å². The van der Waals surface area contributed by atoms with E-state index in [9.17, 15) is 4.79 Å². The Hall–Kier alpha value is -2.36. The SMILES string of the molecule is CC(C)CCNC(=O)c1cncc(NC(C)c2ccccc2)c1. The normalized spacial score (nSPS) is 12.0. The van der Waals surface area contributed by atoms with Crippen LogP contribution < -0.4 is 10.6 Å². The van der Waals surface area contributed by atoms with E-state index in [1.807, 2.05) is 24.3 Å². The number of hydrogen-bond acceptors (Lipinski definition) is 3. The number of carbonyl (C=O) groups excluding carboxylic acids is 1. The van der Waals surface area contributed by atoms with Crippen molar-refractivity contribution >= 4 is 11.6 Å². The lowest BCUT2D eigenvalue weighted by Gasteiger charge is -2.16. The van der Waals surface area contributed by atoms with E-state index in [0.29, 0.717) is 18.0 Å². The average molecular weight is 311 g/mol. The quantitative estimate of drug-likeness (QED) is 0.811. The third kappa shape index (κ3) is 5.40. The standard InChI is InChI=1S/C19H25N3O/c1-14(2)9-10-21-19(23)17-11-18(13-20-12-17)22-15(3)16-7-5-4-6-8-16/h4-8,11-15,22H,9-10H2,1-3H3,(H,21,23). The summed E-state index contributed by atoms with van der Waals surface area (Å²) >= 11 is 0. The van der Waals surface area contributed by atoms with Crippen LogP contribution in [-0.4, -0.2) is 17.4 Å². The molecule has 1 aromatic heterocycles. The van der Waals surface area contributed by atoms with Gasteiger partial charge in [-0.3, -0.25) is 9.78 Å². The van der Waals surface area contributed by atoms with Crippen molar-refractivity contribution in [1.82, 2.24) is 10.3 Å². The summed E-state index contributed by atoms with van der Waals surface area (Å²) in [6.07, 6.45) is 4.32. The third-order valence-corrected chi connectivity index (χ3v) is 3.69. The topological polar surface area (TPSA) is 54.0 Å². The van der Waals surface area contributed by atoms with Crippen molar-refractivity contribution in [2.24, 2.45) is 5.92 Å². The summed E-state index contributed by atoms with van der Waals surface area (Å²) in [6, 6.07) is 12.2. The van der Waals surface area contributed by atoms with Crippen LogP contribution in [0, 0.1) is 5.92 Å². The van der Waals surface area contributed by atoms with Gasteiger partial charge in [0.2, 0.25) is 0 Å². The highest BCUT2D eigenvalue weighted by atomic mass is 16.1. The molecule has 0 spiro atoms. The second-order valence-corrected chi connectivity index (χ2v) is 6.18. The number of nitrogens with zero attached hydrogens (tertiary/aromatic N) is 1. The zero-order valence-corrected chi connectivity index (χ0v) is 14.0. The molecule has 1 amide bonds. The van der Waals surface area contributed by atoms with E-state index in [4.69, 9.17) is 0 Å². The van der Waals surface area contributed by atoms with Crippen LogP contribution in [0.4, 0.5) is 5.69 Å². The molecular weight excluding hydrogens is 286 g/mol. The molecule has 1 atom stereocenters. The van der Waals surface area contributed by atoms with Gasteiger partial charge in [0.15, 0.2) is 0 Å². The van der Waals surface area contributed by atoms with Crippen molar-refractivity contribution in [3.8, 4) is 0 Å². The molecule has 1 unspecified atom stereocenters. The maximum Gasteiger partial charge on any atom is 0.252 e. The maximum atomic E-state index is 12.2. The highest BCUT2D eigenvalue weighted by Gasteiger charge is 2.09. The summed E-state index contributed by atoms with van der Waals surface area (Å²) in [5.41, 5.74) is 2.62. The summed E-state index contributed by atoms with van der Waals surface area (Å²) in [5, 5.41) is 6.32. The molecule has 23 heavy (non-hydrogen) atoms. The molecule has 4 nitrogen and oxygen atoms in total. The Bertz CT molecular complexity index is 626. The second-order valence-electron chi connectivity index (χ2n) is 6.18. The van der Waals surface area contributed by atoms with Gasteiger partial charge >= 0.3 is 0 Å². The molecule has 2 N–H and O–H groups in total. The number of benzene rings is 1. The zero-order chi connectivity index (χ0) is 16.7. The maximum absolute atomic E-state index is 12.2. The summed E-state index contributed by atoms with van der Waals surface area (Å²) in [5.74, 6) is 0.502. The first kappa shape index (κ1) is 17.0. The molecule has 0 saturated carbocycles. The number of pyridine rings is 1. The molecule has 0 aliphatic rings. The van der Waals surface area contributed by atoms with Gasteiger partial charge in [-0.05, 0) is 30.9 Å². The molecule has 1 heterocycles. The number of rotatable bonds is 7. The molecule has 0 fully saturated rings. The van der Waals surface area contributed by atoms with Crippen LogP contribution in [0.1, 0.15) is 49.2 Å². The van der Waals surface area contributed by atoms with Crippen LogP contribution >= 0.6 is 0 Å². The number of carbonyl (C=O) groups is 1. The fourth-order valence-corrected chi connectivity index (χ4v) is 2.29. The van der Waals surface area contributed by atoms with Crippen molar-refractivity contribution < 1.29 is 4.79 Å². The fraction of sp³-hybridized carbons (Fsp3) is 0.368. The van der Waals surface area contributed by atoms with Crippen molar-refractivity contribution in [1.29, 1.82) is 0 Å². The molecule has 0 bridgehead atoms. The molecule has 1 aromatic carbocycles. The number of anilines is 1. The Labute approximate surface area is 138 Å². The van der Waals surface area contributed by atoms with Crippen molar-refractivity contribution in [3.63, 3.8) is 0 Å². The van der Waals surface area contributed by atoms with Crippen molar-refractivity contribution in [2.45, 2.75) is 33.2 Å². The summed E-state index contributed by atoms with van der Waals surface area (Å²) < 4.78 is 0. The van der Waals surface area contributed by atoms with E-state index < -0.39 is 0 Å². The minimum absolute atomic E-state index is 0.0748. The van der Waals surface area contributed by atoms with Gasteiger partial charge in [-0.15, -0.1) is 0 Å². The van der Waals surface area contributed by atoms with Gasteiger partial charge in [-0.2, -0.15) is 0 Å². The van der Waals surface area contributed by atoms with Crippen LogP contribution in [-0.2, 0) is 0 Å². The third-order valence-electron chi connectivity index (χ3n) is 3.69. The Balaban J connectivity index is 1.98. The lowest BCUT2D eigenvalue weighted by Crippen LogP contribution is -2.25. The first-order valence-electron chi connectivity index (χ1n) is 8.11. The first-order chi connectivity index (χ1) is 11.1. The largest absolute Gasteiger partial charge is 0.377 e. The predicted octanol–water partition coefficient (Wildman–Crippen LogP) is 4.03. The number of nitrogens with one attached hydrogen (secondary N) is 2. The molecule has 2 rings (SSSR count). The van der Waals surface area contributed by atoms with Gasteiger partial charge in [0.1, 0.15) is 0 Å². The van der Waals surface area contributed by atoms with Crippen LogP contribution in [0.3, 0.4) is 0 Å². The van der Waals surface area contributed by atoms with Crippen LogP contribution in [0.25, 0.3) is 0 Å². The molecule has 0 radical (unpaired) electrons. The van der Waals surface area contributed by atoms with Gasteiger partial charge in [0, 0.05) is 25.0 Å². The molecule has 0 aliphatic carbocycles. The van der Waals surface area contributed by atoms with Gasteiger partial charge in [-0.25, -0.2) is 0 Å². The minimum Gasteiger partial charge on any atom is -0.377 e. The monoisotopic (exact) mass is 311 g/mol. The van der Waals surface area contributed by atoms with E-state index in [2.05, 4.69) is 48.5 Å². The Morgan fingerprint density at radius 3 is 2.57 bits per heavy atom. The zero-order valence-electron chi connectivity index (χ0n) is 14.0. The van der Waals surface area contributed by atoms with Crippen LogP contribution in [0.5, 0.6) is 0 Å². The lowest BCUT2D eigenvalue weighted by atomic mass is 10.1. The Kier molecular flexibility index (Phi) is 6.15. The fourth-order valence-electron chi connectivity index (χ4n) is 2.29. The number of amides is 1. The van der Waals surface area contributed by atoms with E-state index in [-0.39, 0.29) is 11.9 Å². The summed E-state index contributed by atoms with van der Waals surface area (Å²) in [6.45, 7) is 7.06. The molecule has 4 heteroatoms. The summed E-state index contributed by atoms with van der Waals surface area (Å²) in [7, 11) is 0. The Morgan fingerprint density at radius 2 is 1.87 bits per heavy atom. The van der Waals surface area contributed by atoms with Crippen molar-refractivity contribution in [3.05, 3.63) is 59.9 Å². The first-order valence-corrected chi connectivity index (χ1v) is 8.11. The lowest BCUT2D eigenvalue weighted by molar-refractivity contribution is 0.0951. The van der Waals surface area contributed by atoms with E-state index in [1.165, 1.54) is 5.56 Å². The summed E-state index contributed by atoms with van der Waals surface area (Å²) in [4.78, 5) is 16.3. The van der Waals surface area contributed by atoms with Gasteiger partial charge in [0.25, 0.3) is 5.91 Å². The second kappa shape index (κ2) is 8.32. The average Bonchev–Trinajstić information content (AvgIpc) is 2.55. The number of hydrogen-bond donors (Lipinski definition) is 2. The minimum atomic E-state index is -0.0748. The molecule has 2 aromatic rings. The van der Waals surface area contributed by atoms with E-state index in [1.54, 1.807) is 12.4 Å². The molecule has 0 aliphatic heterocycles. The Morgan fingerprint density at radius 1 is 1.13 bits per heavy atom. The predicted molar refractivity (Wildman–Crippen MR) is 94.5 cm³/mol. The van der Waals surface area contributed by atoms with Crippen LogP contribution in [0.15, 0.2) is 48.8 Å². The number of aromatic nitrogens is 1. The van der Waals surface area contributed by atoms with Gasteiger partial charge in [-0.1, -0.05) is 44.2 Å². The molecule has 122 valence electrons. The van der Waals surface area contributed by atoms with E-state index in [0.717, 1.165) is 12.1 Å². The highest BCUT2D eigenvalue weighted by Crippen LogP contribution is 2.19. The highest BCUT2D eigenvalue weighted by molar-refractivity contribution is 5.94. The van der Waals surface area contributed by atoms with Gasteiger partial charge in [0.05, 0.1) is 11.3 Å². The smallest absolute Gasteiger partial charge is 0.252 e. The molecule has 0 saturated heterocycles.